The zero-order chi connectivity index (χ0) is 16.7. The van der Waals surface area contributed by atoms with Crippen molar-refractivity contribution in [3.63, 3.8) is 0 Å². The van der Waals surface area contributed by atoms with Gasteiger partial charge < -0.3 is 14.7 Å². The summed E-state index contributed by atoms with van der Waals surface area (Å²) in [5, 5.41) is 13.0. The average Bonchev–Trinajstić information content (AvgIpc) is 3.13. The minimum atomic E-state index is -1.75. The molecule has 1 heterocycles. The van der Waals surface area contributed by atoms with Crippen LogP contribution in [0.25, 0.3) is 0 Å². The molecule has 23 heavy (non-hydrogen) atoms. The Labute approximate surface area is 141 Å². The van der Waals surface area contributed by atoms with E-state index in [0.29, 0.717) is 17.0 Å². The van der Waals surface area contributed by atoms with Crippen molar-refractivity contribution >= 4 is 17.3 Å². The van der Waals surface area contributed by atoms with Gasteiger partial charge in [-0.3, -0.25) is 0 Å². The summed E-state index contributed by atoms with van der Waals surface area (Å²) >= 11 is 1.34. The summed E-state index contributed by atoms with van der Waals surface area (Å²) in [6, 6.07) is 12.5. The zero-order valence-electron chi connectivity index (χ0n) is 13.6. The van der Waals surface area contributed by atoms with Gasteiger partial charge in [0.2, 0.25) is 5.60 Å². The first-order valence-electron chi connectivity index (χ1n) is 7.84. The number of rotatable bonds is 8. The SMILES string of the molecule is CCN(CC)CCOC(=O)C(O)(c1ccccc1)c1cccs1. The second-order valence-corrected chi connectivity index (χ2v) is 6.16. The third kappa shape index (κ3) is 3.99. The van der Waals surface area contributed by atoms with Crippen molar-refractivity contribution in [3.05, 3.63) is 58.3 Å². The molecule has 1 atom stereocenters. The number of esters is 1. The summed E-state index contributed by atoms with van der Waals surface area (Å²) in [4.78, 5) is 15.4. The van der Waals surface area contributed by atoms with Gasteiger partial charge in [-0.25, -0.2) is 4.79 Å². The average molecular weight is 333 g/mol. The van der Waals surface area contributed by atoms with Crippen LogP contribution in [0.4, 0.5) is 0 Å². The molecule has 124 valence electrons. The first kappa shape index (κ1) is 17.7. The lowest BCUT2D eigenvalue weighted by atomic mass is 9.92. The summed E-state index contributed by atoms with van der Waals surface area (Å²) < 4.78 is 5.40. The number of likely N-dealkylation sites (N-methyl/N-ethyl adjacent to an activating group) is 1. The summed E-state index contributed by atoms with van der Waals surface area (Å²) in [5.74, 6) is -0.627. The van der Waals surface area contributed by atoms with Crippen molar-refractivity contribution in [3.8, 4) is 0 Å². The fourth-order valence-electron chi connectivity index (χ4n) is 2.44. The fourth-order valence-corrected chi connectivity index (χ4v) is 3.27. The molecule has 0 amide bonds. The smallest absolute Gasteiger partial charge is 0.348 e. The molecule has 0 aliphatic heterocycles. The summed E-state index contributed by atoms with van der Waals surface area (Å²) in [5.41, 5.74) is -1.23. The van der Waals surface area contributed by atoms with Crippen molar-refractivity contribution < 1.29 is 14.6 Å². The molecule has 2 aromatic rings. The van der Waals surface area contributed by atoms with E-state index in [4.69, 9.17) is 4.74 Å². The minimum absolute atomic E-state index is 0.265. The molecule has 0 bridgehead atoms. The van der Waals surface area contributed by atoms with Crippen LogP contribution in [0.5, 0.6) is 0 Å². The first-order valence-corrected chi connectivity index (χ1v) is 8.72. The Morgan fingerprint density at radius 2 is 1.87 bits per heavy atom. The lowest BCUT2D eigenvalue weighted by molar-refractivity contribution is -0.162. The van der Waals surface area contributed by atoms with E-state index in [0.717, 1.165) is 13.1 Å². The lowest BCUT2D eigenvalue weighted by Gasteiger charge is -2.26. The topological polar surface area (TPSA) is 49.8 Å². The quantitative estimate of drug-likeness (QED) is 0.755. The monoisotopic (exact) mass is 333 g/mol. The fraction of sp³-hybridized carbons (Fsp3) is 0.389. The van der Waals surface area contributed by atoms with E-state index in [1.165, 1.54) is 11.3 Å². The third-order valence-electron chi connectivity index (χ3n) is 3.90. The highest BCUT2D eigenvalue weighted by molar-refractivity contribution is 7.10. The molecule has 1 unspecified atom stereocenters. The normalized spacial score (nSPS) is 13.7. The number of hydrogen-bond acceptors (Lipinski definition) is 5. The minimum Gasteiger partial charge on any atom is -0.462 e. The van der Waals surface area contributed by atoms with Crippen molar-refractivity contribution in [1.82, 2.24) is 4.90 Å². The molecule has 1 N–H and O–H groups in total. The van der Waals surface area contributed by atoms with Gasteiger partial charge in [0.05, 0.1) is 4.88 Å². The van der Waals surface area contributed by atoms with Crippen LogP contribution in [0.2, 0.25) is 0 Å². The maximum atomic E-state index is 12.6. The number of ether oxygens (including phenoxy) is 1. The van der Waals surface area contributed by atoms with Crippen LogP contribution >= 0.6 is 11.3 Å². The highest BCUT2D eigenvalue weighted by Crippen LogP contribution is 2.34. The molecule has 1 aromatic carbocycles. The van der Waals surface area contributed by atoms with Gasteiger partial charge in [-0.1, -0.05) is 50.2 Å². The number of aliphatic hydroxyl groups is 1. The van der Waals surface area contributed by atoms with Crippen LogP contribution in [0.1, 0.15) is 24.3 Å². The Bertz CT molecular complexity index is 596. The lowest BCUT2D eigenvalue weighted by Crippen LogP contribution is -2.39. The Morgan fingerprint density at radius 3 is 2.43 bits per heavy atom. The number of carbonyl (C=O) groups excluding carboxylic acids is 1. The van der Waals surface area contributed by atoms with Crippen molar-refractivity contribution in [2.75, 3.05) is 26.2 Å². The van der Waals surface area contributed by atoms with Crippen LogP contribution in [0.15, 0.2) is 47.8 Å². The van der Waals surface area contributed by atoms with E-state index < -0.39 is 11.6 Å². The predicted octanol–water partition coefficient (Wildman–Crippen LogP) is 2.87. The highest BCUT2D eigenvalue weighted by Gasteiger charge is 2.42. The van der Waals surface area contributed by atoms with E-state index in [-0.39, 0.29) is 6.61 Å². The van der Waals surface area contributed by atoms with Crippen LogP contribution < -0.4 is 0 Å². The van der Waals surface area contributed by atoms with E-state index in [2.05, 4.69) is 18.7 Å². The molecule has 5 heteroatoms. The number of hydrogen-bond donors (Lipinski definition) is 1. The molecule has 0 aliphatic carbocycles. The molecule has 2 rings (SSSR count). The standard InChI is InChI=1S/C18H23NO3S/c1-3-19(4-2)12-13-22-17(20)18(21,16-11-8-14-23-16)15-9-6-5-7-10-15/h5-11,14,21H,3-4,12-13H2,1-2H3. The largest absolute Gasteiger partial charge is 0.462 e. The second kappa shape index (κ2) is 8.24. The molecule has 0 saturated carbocycles. The summed E-state index contributed by atoms with van der Waals surface area (Å²) in [7, 11) is 0. The molecule has 0 radical (unpaired) electrons. The van der Waals surface area contributed by atoms with Gasteiger partial charge in [-0.2, -0.15) is 0 Å². The van der Waals surface area contributed by atoms with Gasteiger partial charge in [0.15, 0.2) is 0 Å². The van der Waals surface area contributed by atoms with Gasteiger partial charge in [0, 0.05) is 12.1 Å². The molecule has 0 fully saturated rings. The summed E-state index contributed by atoms with van der Waals surface area (Å²) in [6.45, 7) is 6.87. The maximum absolute atomic E-state index is 12.6. The van der Waals surface area contributed by atoms with E-state index in [9.17, 15) is 9.90 Å². The van der Waals surface area contributed by atoms with Crippen molar-refractivity contribution in [2.45, 2.75) is 19.4 Å². The van der Waals surface area contributed by atoms with Gasteiger partial charge in [0.1, 0.15) is 6.61 Å². The van der Waals surface area contributed by atoms with Crippen LogP contribution in [0.3, 0.4) is 0 Å². The molecule has 0 saturated heterocycles. The molecule has 0 aliphatic rings. The Hall–Kier alpha value is -1.69. The van der Waals surface area contributed by atoms with Crippen molar-refractivity contribution in [2.24, 2.45) is 0 Å². The number of carbonyl (C=O) groups is 1. The van der Waals surface area contributed by atoms with Gasteiger partial charge >= 0.3 is 5.97 Å². The third-order valence-corrected chi connectivity index (χ3v) is 4.88. The van der Waals surface area contributed by atoms with Crippen LogP contribution in [-0.4, -0.2) is 42.2 Å². The number of thiophene rings is 1. The van der Waals surface area contributed by atoms with Gasteiger partial charge in [0.25, 0.3) is 0 Å². The van der Waals surface area contributed by atoms with Gasteiger partial charge in [-0.05, 0) is 24.5 Å². The van der Waals surface area contributed by atoms with Crippen LogP contribution in [-0.2, 0) is 15.1 Å². The van der Waals surface area contributed by atoms with E-state index in [1.807, 2.05) is 17.5 Å². The molecule has 0 spiro atoms. The summed E-state index contributed by atoms with van der Waals surface area (Å²) in [6.07, 6.45) is 0. The number of benzene rings is 1. The van der Waals surface area contributed by atoms with Crippen molar-refractivity contribution in [1.29, 1.82) is 0 Å². The Morgan fingerprint density at radius 1 is 1.17 bits per heavy atom. The van der Waals surface area contributed by atoms with E-state index >= 15 is 0 Å². The second-order valence-electron chi connectivity index (χ2n) is 5.22. The highest BCUT2D eigenvalue weighted by atomic mass is 32.1. The molecular weight excluding hydrogens is 310 g/mol. The Balaban J connectivity index is 2.17. The first-order chi connectivity index (χ1) is 11.1. The maximum Gasteiger partial charge on any atom is 0.348 e. The van der Waals surface area contributed by atoms with Gasteiger partial charge in [-0.15, -0.1) is 11.3 Å². The molecular formula is C18H23NO3S. The van der Waals surface area contributed by atoms with Crippen LogP contribution in [0, 0.1) is 0 Å². The van der Waals surface area contributed by atoms with E-state index in [1.54, 1.807) is 30.3 Å². The zero-order valence-corrected chi connectivity index (χ0v) is 14.4. The number of nitrogens with zero attached hydrogens (tertiary/aromatic N) is 1. The molecule has 1 aromatic heterocycles. The molecule has 4 nitrogen and oxygen atoms in total. The predicted molar refractivity (Wildman–Crippen MR) is 92.5 cm³/mol. The Kier molecular flexibility index (Phi) is 6.33.